The summed E-state index contributed by atoms with van der Waals surface area (Å²) in [5.74, 6) is 0.138. The van der Waals surface area contributed by atoms with E-state index in [9.17, 15) is 4.79 Å². The molecular formula is C15H24N4O. The Morgan fingerprint density at radius 2 is 2.35 bits per heavy atom. The smallest absolute Gasteiger partial charge is 0.237 e. The van der Waals surface area contributed by atoms with Crippen LogP contribution in [0.3, 0.4) is 0 Å². The van der Waals surface area contributed by atoms with Crippen molar-refractivity contribution >= 4 is 11.6 Å². The van der Waals surface area contributed by atoms with Gasteiger partial charge in [-0.05, 0) is 25.0 Å². The zero-order valence-electron chi connectivity index (χ0n) is 12.4. The maximum absolute atomic E-state index is 11.8. The molecule has 5 nitrogen and oxygen atoms in total. The SMILES string of the molecule is CCCNc1ccnc(CN2CCNC(=O)C2CC)c1. The van der Waals surface area contributed by atoms with Crippen LogP contribution in [0.25, 0.3) is 0 Å². The fourth-order valence-electron chi connectivity index (χ4n) is 2.55. The monoisotopic (exact) mass is 276 g/mol. The zero-order chi connectivity index (χ0) is 14.4. The van der Waals surface area contributed by atoms with E-state index < -0.39 is 0 Å². The Morgan fingerprint density at radius 3 is 3.10 bits per heavy atom. The molecule has 0 aromatic carbocycles. The molecule has 0 spiro atoms. The molecule has 0 radical (unpaired) electrons. The number of rotatable bonds is 6. The Hall–Kier alpha value is -1.62. The first-order chi connectivity index (χ1) is 9.74. The second-order valence-electron chi connectivity index (χ2n) is 5.15. The van der Waals surface area contributed by atoms with Crippen molar-refractivity contribution in [3.63, 3.8) is 0 Å². The Labute approximate surface area is 120 Å². The van der Waals surface area contributed by atoms with Gasteiger partial charge in [0.15, 0.2) is 0 Å². The third-order valence-electron chi connectivity index (χ3n) is 3.59. The lowest BCUT2D eigenvalue weighted by atomic mass is 10.1. The molecule has 2 N–H and O–H groups in total. The van der Waals surface area contributed by atoms with Crippen molar-refractivity contribution in [1.29, 1.82) is 0 Å². The van der Waals surface area contributed by atoms with Crippen LogP contribution >= 0.6 is 0 Å². The molecule has 2 rings (SSSR count). The highest BCUT2D eigenvalue weighted by molar-refractivity contribution is 5.82. The van der Waals surface area contributed by atoms with Crippen LogP contribution in [0, 0.1) is 0 Å². The van der Waals surface area contributed by atoms with E-state index in [1.165, 1.54) is 0 Å². The molecule has 1 aliphatic heterocycles. The van der Waals surface area contributed by atoms with Crippen molar-refractivity contribution in [3.8, 4) is 0 Å². The number of nitrogens with zero attached hydrogens (tertiary/aromatic N) is 2. The molecule has 2 heterocycles. The number of amides is 1. The summed E-state index contributed by atoms with van der Waals surface area (Å²) < 4.78 is 0. The Balaban J connectivity index is 2.02. The van der Waals surface area contributed by atoms with Crippen LogP contribution < -0.4 is 10.6 Å². The summed E-state index contributed by atoms with van der Waals surface area (Å²) in [6, 6.07) is 4.03. The van der Waals surface area contributed by atoms with E-state index >= 15 is 0 Å². The predicted molar refractivity (Wildman–Crippen MR) is 80.5 cm³/mol. The number of hydrogen-bond acceptors (Lipinski definition) is 4. The van der Waals surface area contributed by atoms with E-state index in [4.69, 9.17) is 0 Å². The third-order valence-corrected chi connectivity index (χ3v) is 3.59. The van der Waals surface area contributed by atoms with Gasteiger partial charge < -0.3 is 10.6 Å². The molecule has 1 aromatic rings. The van der Waals surface area contributed by atoms with E-state index in [0.29, 0.717) is 0 Å². The van der Waals surface area contributed by atoms with Crippen LogP contribution in [0.2, 0.25) is 0 Å². The van der Waals surface area contributed by atoms with Gasteiger partial charge in [-0.2, -0.15) is 0 Å². The van der Waals surface area contributed by atoms with Crippen molar-refractivity contribution in [2.75, 3.05) is 25.0 Å². The van der Waals surface area contributed by atoms with Gasteiger partial charge in [0.1, 0.15) is 0 Å². The maximum atomic E-state index is 11.8. The van der Waals surface area contributed by atoms with Gasteiger partial charge in [0.2, 0.25) is 5.91 Å². The highest BCUT2D eigenvalue weighted by Crippen LogP contribution is 2.15. The number of piperazine rings is 1. The summed E-state index contributed by atoms with van der Waals surface area (Å²) in [5.41, 5.74) is 2.12. The van der Waals surface area contributed by atoms with Gasteiger partial charge in [0.25, 0.3) is 0 Å². The van der Waals surface area contributed by atoms with Gasteiger partial charge in [0, 0.05) is 38.1 Å². The molecule has 1 unspecified atom stereocenters. The van der Waals surface area contributed by atoms with Gasteiger partial charge in [-0.15, -0.1) is 0 Å². The Morgan fingerprint density at radius 1 is 1.50 bits per heavy atom. The molecule has 0 saturated carbocycles. The minimum absolute atomic E-state index is 0.0298. The van der Waals surface area contributed by atoms with Crippen molar-refractivity contribution in [1.82, 2.24) is 15.2 Å². The maximum Gasteiger partial charge on any atom is 0.237 e. The van der Waals surface area contributed by atoms with Crippen LogP contribution in [0.1, 0.15) is 32.4 Å². The minimum Gasteiger partial charge on any atom is -0.385 e. The number of carbonyl (C=O) groups is 1. The third kappa shape index (κ3) is 3.70. The highest BCUT2D eigenvalue weighted by Gasteiger charge is 2.28. The quantitative estimate of drug-likeness (QED) is 0.829. The summed E-state index contributed by atoms with van der Waals surface area (Å²) in [5, 5.41) is 6.29. The number of hydrogen-bond donors (Lipinski definition) is 2. The topological polar surface area (TPSA) is 57.3 Å². The fraction of sp³-hybridized carbons (Fsp3) is 0.600. The molecule has 1 saturated heterocycles. The largest absolute Gasteiger partial charge is 0.385 e. The Kier molecular flexibility index (Phi) is 5.35. The van der Waals surface area contributed by atoms with Gasteiger partial charge in [-0.3, -0.25) is 14.7 Å². The first-order valence-electron chi connectivity index (χ1n) is 7.45. The molecular weight excluding hydrogens is 252 g/mol. The number of pyridine rings is 1. The van der Waals surface area contributed by atoms with Gasteiger partial charge in [0.05, 0.1) is 11.7 Å². The standard InChI is InChI=1S/C15H24N4O/c1-3-6-16-12-5-7-17-13(10-12)11-19-9-8-18-15(20)14(19)4-2/h5,7,10,14H,3-4,6,8-9,11H2,1-2H3,(H,16,17)(H,18,20). The van der Waals surface area contributed by atoms with E-state index in [-0.39, 0.29) is 11.9 Å². The molecule has 20 heavy (non-hydrogen) atoms. The van der Waals surface area contributed by atoms with Gasteiger partial charge >= 0.3 is 0 Å². The Bertz CT molecular complexity index is 449. The number of nitrogens with one attached hydrogen (secondary N) is 2. The average molecular weight is 276 g/mol. The second kappa shape index (κ2) is 7.24. The summed E-state index contributed by atoms with van der Waals surface area (Å²) >= 11 is 0. The molecule has 1 aliphatic rings. The molecule has 1 fully saturated rings. The first-order valence-corrected chi connectivity index (χ1v) is 7.45. The van der Waals surface area contributed by atoms with Crippen LogP contribution in [0.15, 0.2) is 18.3 Å². The summed E-state index contributed by atoms with van der Waals surface area (Å²) in [6.07, 6.45) is 3.76. The molecule has 1 amide bonds. The molecule has 1 atom stereocenters. The molecule has 110 valence electrons. The van der Waals surface area contributed by atoms with Crippen molar-refractivity contribution in [2.24, 2.45) is 0 Å². The molecule has 5 heteroatoms. The van der Waals surface area contributed by atoms with Crippen molar-refractivity contribution in [3.05, 3.63) is 24.0 Å². The normalized spacial score (nSPS) is 19.7. The predicted octanol–water partition coefficient (Wildman–Crippen LogP) is 1.61. The minimum atomic E-state index is -0.0298. The average Bonchev–Trinajstić information content (AvgIpc) is 2.46. The van der Waals surface area contributed by atoms with E-state index in [1.807, 2.05) is 12.3 Å². The lowest BCUT2D eigenvalue weighted by Crippen LogP contribution is -2.54. The van der Waals surface area contributed by atoms with Crippen LogP contribution in [0.5, 0.6) is 0 Å². The second-order valence-corrected chi connectivity index (χ2v) is 5.15. The fourth-order valence-corrected chi connectivity index (χ4v) is 2.55. The highest BCUT2D eigenvalue weighted by atomic mass is 16.2. The van der Waals surface area contributed by atoms with Crippen molar-refractivity contribution < 1.29 is 4.79 Å². The lowest BCUT2D eigenvalue weighted by molar-refractivity contribution is -0.129. The van der Waals surface area contributed by atoms with E-state index in [0.717, 1.165) is 50.4 Å². The van der Waals surface area contributed by atoms with Crippen LogP contribution in [-0.4, -0.2) is 41.5 Å². The lowest BCUT2D eigenvalue weighted by Gasteiger charge is -2.34. The first kappa shape index (κ1) is 14.8. The molecule has 0 bridgehead atoms. The van der Waals surface area contributed by atoms with E-state index in [1.54, 1.807) is 0 Å². The van der Waals surface area contributed by atoms with Crippen LogP contribution in [0.4, 0.5) is 5.69 Å². The zero-order valence-corrected chi connectivity index (χ0v) is 12.4. The van der Waals surface area contributed by atoms with Gasteiger partial charge in [-0.25, -0.2) is 0 Å². The van der Waals surface area contributed by atoms with Crippen LogP contribution in [-0.2, 0) is 11.3 Å². The number of carbonyl (C=O) groups excluding carboxylic acids is 1. The summed E-state index contributed by atoms with van der Waals surface area (Å²) in [6.45, 7) is 7.50. The number of aromatic nitrogens is 1. The van der Waals surface area contributed by atoms with E-state index in [2.05, 4.69) is 40.4 Å². The number of anilines is 1. The summed E-state index contributed by atoms with van der Waals surface area (Å²) in [4.78, 5) is 18.5. The van der Waals surface area contributed by atoms with Gasteiger partial charge in [-0.1, -0.05) is 13.8 Å². The van der Waals surface area contributed by atoms with Crippen molar-refractivity contribution in [2.45, 2.75) is 39.3 Å². The molecule has 1 aromatic heterocycles. The summed E-state index contributed by atoms with van der Waals surface area (Å²) in [7, 11) is 0. The molecule has 0 aliphatic carbocycles.